The van der Waals surface area contributed by atoms with Crippen molar-refractivity contribution >= 4 is 71.2 Å². The zero-order valence-electron chi connectivity index (χ0n) is 22.5. The Morgan fingerprint density at radius 3 is 2.10 bits per heavy atom. The second-order valence-electron chi connectivity index (χ2n) is 11.0. The summed E-state index contributed by atoms with van der Waals surface area (Å²) < 4.78 is 4.68. The van der Waals surface area contributed by atoms with Gasteiger partial charge in [-0.25, -0.2) is 9.97 Å². The van der Waals surface area contributed by atoms with Gasteiger partial charge in [0.2, 0.25) is 0 Å². The molecule has 0 spiro atoms. The van der Waals surface area contributed by atoms with Crippen molar-refractivity contribution in [3.8, 4) is 16.8 Å². The molecule has 4 nitrogen and oxygen atoms in total. The van der Waals surface area contributed by atoms with Gasteiger partial charge in [0.1, 0.15) is 5.52 Å². The molecule has 0 saturated heterocycles. The Hall–Kier alpha value is -5.74. The molecule has 0 bridgehead atoms. The van der Waals surface area contributed by atoms with E-state index in [0.29, 0.717) is 0 Å². The van der Waals surface area contributed by atoms with Gasteiger partial charge in [-0.2, -0.15) is 0 Å². The molecule has 194 valence electrons. The molecule has 0 aliphatic carbocycles. The van der Waals surface area contributed by atoms with E-state index >= 15 is 0 Å². The maximum Gasteiger partial charge on any atom is 0.165 e. The lowest BCUT2D eigenvalue weighted by atomic mass is 9.97. The summed E-state index contributed by atoms with van der Waals surface area (Å²) in [4.78, 5) is 10.1. The standard InChI is InChI=1S/C38H22N4/c1-2-10-24(11-3-1)41-32-18-7-4-12-27(32)35-25(13-9-19-34(35)41)23-20-21-33-29(22-23)26-14-8-15-28-36-38(42(33)37(26)28)40-31-17-6-5-16-30(31)39-36/h1-22H. The molecule has 0 aliphatic rings. The molecule has 4 heterocycles. The van der Waals surface area contributed by atoms with Crippen molar-refractivity contribution in [1.29, 1.82) is 0 Å². The molecular weight excluding hydrogens is 512 g/mol. The van der Waals surface area contributed by atoms with Gasteiger partial charge in [0.05, 0.1) is 33.1 Å². The number of hydrogen-bond donors (Lipinski definition) is 0. The van der Waals surface area contributed by atoms with Crippen LogP contribution in [-0.2, 0) is 0 Å². The Kier molecular flexibility index (Phi) is 4.15. The lowest BCUT2D eigenvalue weighted by Gasteiger charge is -2.09. The molecule has 4 aromatic heterocycles. The molecule has 0 saturated carbocycles. The van der Waals surface area contributed by atoms with Crippen LogP contribution in [0.5, 0.6) is 0 Å². The van der Waals surface area contributed by atoms with Gasteiger partial charge in [0, 0.05) is 32.6 Å². The van der Waals surface area contributed by atoms with Gasteiger partial charge in [0.25, 0.3) is 0 Å². The van der Waals surface area contributed by atoms with Gasteiger partial charge in [-0.3, -0.25) is 4.40 Å². The van der Waals surface area contributed by atoms with E-state index in [9.17, 15) is 0 Å². The molecule has 0 fully saturated rings. The van der Waals surface area contributed by atoms with Crippen molar-refractivity contribution in [2.75, 3.05) is 0 Å². The van der Waals surface area contributed by atoms with E-state index in [1.807, 2.05) is 24.3 Å². The van der Waals surface area contributed by atoms with Crippen molar-refractivity contribution in [3.63, 3.8) is 0 Å². The number of fused-ring (bicyclic) bond motifs is 10. The minimum Gasteiger partial charge on any atom is -0.309 e. The molecule has 0 unspecified atom stereocenters. The summed E-state index contributed by atoms with van der Waals surface area (Å²) in [6.45, 7) is 0. The topological polar surface area (TPSA) is 35.1 Å². The highest BCUT2D eigenvalue weighted by Gasteiger charge is 2.21. The summed E-state index contributed by atoms with van der Waals surface area (Å²) in [5, 5.41) is 6.14. The molecule has 4 heteroatoms. The smallest absolute Gasteiger partial charge is 0.165 e. The van der Waals surface area contributed by atoms with E-state index in [4.69, 9.17) is 9.97 Å². The predicted octanol–water partition coefficient (Wildman–Crippen LogP) is 9.54. The van der Waals surface area contributed by atoms with Crippen molar-refractivity contribution in [3.05, 3.63) is 133 Å². The summed E-state index contributed by atoms with van der Waals surface area (Å²) >= 11 is 0. The first-order chi connectivity index (χ1) is 20.8. The van der Waals surface area contributed by atoms with Gasteiger partial charge < -0.3 is 4.57 Å². The molecule has 0 radical (unpaired) electrons. The predicted molar refractivity (Wildman–Crippen MR) is 174 cm³/mol. The van der Waals surface area contributed by atoms with E-state index in [1.165, 1.54) is 54.9 Å². The van der Waals surface area contributed by atoms with Crippen LogP contribution in [0.4, 0.5) is 0 Å². The third kappa shape index (κ3) is 2.76. The Bertz CT molecular complexity index is 2680. The lowest BCUT2D eigenvalue weighted by Crippen LogP contribution is -1.92. The zero-order chi connectivity index (χ0) is 27.4. The fraction of sp³-hybridized carbons (Fsp3) is 0. The summed E-state index contributed by atoms with van der Waals surface area (Å²) in [6.07, 6.45) is 0. The molecule has 0 N–H and O–H groups in total. The fourth-order valence-electron chi connectivity index (χ4n) is 7.09. The maximum atomic E-state index is 5.10. The highest BCUT2D eigenvalue weighted by molar-refractivity contribution is 6.23. The average molecular weight is 535 g/mol. The largest absolute Gasteiger partial charge is 0.309 e. The van der Waals surface area contributed by atoms with Crippen LogP contribution in [0.1, 0.15) is 0 Å². The average Bonchev–Trinajstić information content (AvgIpc) is 3.68. The van der Waals surface area contributed by atoms with Gasteiger partial charge in [-0.1, -0.05) is 84.9 Å². The molecular formula is C38H22N4. The third-order valence-electron chi connectivity index (χ3n) is 8.83. The van der Waals surface area contributed by atoms with Crippen molar-refractivity contribution in [2.45, 2.75) is 0 Å². The first kappa shape index (κ1) is 22.0. The van der Waals surface area contributed by atoms with Crippen LogP contribution in [-0.4, -0.2) is 18.9 Å². The van der Waals surface area contributed by atoms with Crippen LogP contribution >= 0.6 is 0 Å². The number of nitrogens with zero attached hydrogens (tertiary/aromatic N) is 4. The highest BCUT2D eigenvalue weighted by atomic mass is 15.0. The summed E-state index contributed by atoms with van der Waals surface area (Å²) in [6, 6.07) is 47.6. The van der Waals surface area contributed by atoms with Crippen LogP contribution in [0, 0.1) is 0 Å². The summed E-state index contributed by atoms with van der Waals surface area (Å²) in [7, 11) is 0. The van der Waals surface area contributed by atoms with E-state index < -0.39 is 0 Å². The van der Waals surface area contributed by atoms with E-state index in [0.717, 1.165) is 33.1 Å². The van der Waals surface area contributed by atoms with Gasteiger partial charge in [-0.15, -0.1) is 0 Å². The number of benzene rings is 6. The summed E-state index contributed by atoms with van der Waals surface area (Å²) in [5.74, 6) is 0. The SMILES string of the molecule is c1ccc(-n2c3ccccc3c3c(-c4ccc5c(c4)c4cccc6c7nc8ccccc8nc7n5c46)cccc32)cc1. The minimum atomic E-state index is 0.913. The molecule has 6 aromatic carbocycles. The maximum absolute atomic E-state index is 5.10. The first-order valence-corrected chi connectivity index (χ1v) is 14.3. The van der Waals surface area contributed by atoms with Crippen LogP contribution in [0.15, 0.2) is 133 Å². The van der Waals surface area contributed by atoms with Crippen LogP contribution in [0.3, 0.4) is 0 Å². The van der Waals surface area contributed by atoms with Crippen molar-refractivity contribution < 1.29 is 0 Å². The minimum absolute atomic E-state index is 0.913. The van der Waals surface area contributed by atoms with Crippen LogP contribution in [0.2, 0.25) is 0 Å². The second kappa shape index (κ2) is 7.93. The van der Waals surface area contributed by atoms with Gasteiger partial charge in [-0.05, 0) is 59.7 Å². The number of rotatable bonds is 2. The quantitative estimate of drug-likeness (QED) is 0.221. The molecule has 10 rings (SSSR count). The number of para-hydroxylation sites is 5. The Labute approximate surface area is 240 Å². The Morgan fingerprint density at radius 1 is 0.476 bits per heavy atom. The molecule has 42 heavy (non-hydrogen) atoms. The van der Waals surface area contributed by atoms with E-state index in [1.54, 1.807) is 0 Å². The lowest BCUT2D eigenvalue weighted by molar-refractivity contribution is 1.18. The monoisotopic (exact) mass is 534 g/mol. The van der Waals surface area contributed by atoms with Crippen LogP contribution < -0.4 is 0 Å². The summed E-state index contributed by atoms with van der Waals surface area (Å²) in [5.41, 5.74) is 12.1. The van der Waals surface area contributed by atoms with E-state index in [2.05, 4.69) is 118 Å². The second-order valence-corrected chi connectivity index (χ2v) is 11.0. The normalized spacial score (nSPS) is 12.3. The van der Waals surface area contributed by atoms with Crippen LogP contribution in [0.25, 0.3) is 88.0 Å². The van der Waals surface area contributed by atoms with Crippen molar-refractivity contribution in [1.82, 2.24) is 18.9 Å². The number of aromatic nitrogens is 4. The zero-order valence-corrected chi connectivity index (χ0v) is 22.5. The first-order valence-electron chi connectivity index (χ1n) is 14.3. The molecule has 0 amide bonds. The fourth-order valence-corrected chi connectivity index (χ4v) is 7.09. The van der Waals surface area contributed by atoms with Gasteiger partial charge in [0.15, 0.2) is 5.65 Å². The third-order valence-corrected chi connectivity index (χ3v) is 8.83. The Balaban J connectivity index is 1.29. The molecule has 0 aliphatic heterocycles. The number of hydrogen-bond acceptors (Lipinski definition) is 2. The highest BCUT2D eigenvalue weighted by Crippen LogP contribution is 2.42. The molecule has 10 aromatic rings. The Morgan fingerprint density at radius 2 is 1.19 bits per heavy atom. The molecule has 0 atom stereocenters. The van der Waals surface area contributed by atoms with E-state index in [-0.39, 0.29) is 0 Å². The van der Waals surface area contributed by atoms with Crippen molar-refractivity contribution in [2.24, 2.45) is 0 Å². The van der Waals surface area contributed by atoms with Gasteiger partial charge >= 0.3 is 0 Å².